The molecule has 2 unspecified atom stereocenters. The summed E-state index contributed by atoms with van der Waals surface area (Å²) in [6.07, 6.45) is -0.412. The highest BCUT2D eigenvalue weighted by Gasteiger charge is 2.62. The number of hydrogen-bond acceptors (Lipinski definition) is 4. The van der Waals surface area contributed by atoms with Crippen molar-refractivity contribution in [1.29, 1.82) is 0 Å². The summed E-state index contributed by atoms with van der Waals surface area (Å²) in [5, 5.41) is 0. The van der Waals surface area contributed by atoms with Gasteiger partial charge in [-0.3, -0.25) is 4.79 Å². The summed E-state index contributed by atoms with van der Waals surface area (Å²) in [4.78, 5) is 10.5. The smallest absolute Gasteiger partial charge is 0.294 e. The Labute approximate surface area is 110 Å². The molecular formula is C13H17NO3S. The van der Waals surface area contributed by atoms with E-state index in [-0.39, 0.29) is 10.8 Å². The molecule has 98 valence electrons. The Bertz CT molecular complexity index is 418. The first-order chi connectivity index (χ1) is 8.46. The third-order valence-electron chi connectivity index (χ3n) is 2.76. The van der Waals surface area contributed by atoms with Crippen LogP contribution in [0, 0.1) is 0 Å². The van der Waals surface area contributed by atoms with Crippen molar-refractivity contribution in [2.75, 3.05) is 0 Å². The van der Waals surface area contributed by atoms with Crippen LogP contribution in [-0.2, 0) is 20.9 Å². The summed E-state index contributed by atoms with van der Waals surface area (Å²) >= 11 is -1.19. The van der Waals surface area contributed by atoms with Gasteiger partial charge in [0.05, 0.1) is 11.4 Å². The topological polar surface area (TPSA) is 52.4 Å². The largest absolute Gasteiger partial charge is 0.597 e. The lowest BCUT2D eigenvalue weighted by Gasteiger charge is -2.24. The molecular weight excluding hydrogens is 250 g/mol. The van der Waals surface area contributed by atoms with Gasteiger partial charge in [0, 0.05) is 0 Å². The Morgan fingerprint density at radius 1 is 1.33 bits per heavy atom. The molecule has 0 saturated carbocycles. The van der Waals surface area contributed by atoms with Gasteiger partial charge in [0.2, 0.25) is 6.23 Å². The molecule has 1 aromatic rings. The van der Waals surface area contributed by atoms with Crippen LogP contribution >= 0.6 is 0 Å². The van der Waals surface area contributed by atoms with Crippen molar-refractivity contribution < 1.29 is 14.1 Å². The van der Waals surface area contributed by atoms with Crippen LogP contribution in [0.5, 0.6) is 0 Å². The van der Waals surface area contributed by atoms with Gasteiger partial charge in [-0.2, -0.15) is 0 Å². The second-order valence-electron chi connectivity index (χ2n) is 5.20. The molecule has 0 amide bonds. The summed E-state index contributed by atoms with van der Waals surface area (Å²) in [6.45, 7) is 6.13. The van der Waals surface area contributed by atoms with E-state index in [2.05, 4.69) is 0 Å². The molecule has 0 radical (unpaired) electrons. The molecule has 1 aliphatic rings. The lowest BCUT2D eigenvalue weighted by molar-refractivity contribution is -0.130. The summed E-state index contributed by atoms with van der Waals surface area (Å²) in [7, 11) is 0. The first-order valence-corrected chi connectivity index (χ1v) is 6.92. The number of carbonyl (C=O) groups is 1. The maximum atomic E-state index is 12.3. The van der Waals surface area contributed by atoms with E-state index in [0.717, 1.165) is 5.56 Å². The third-order valence-corrected chi connectivity index (χ3v) is 4.62. The zero-order chi connectivity index (χ0) is 13.3. The summed E-state index contributed by atoms with van der Waals surface area (Å²) in [6, 6.07) is 9.56. The van der Waals surface area contributed by atoms with Crippen molar-refractivity contribution in [2.45, 2.75) is 37.8 Å². The average Bonchev–Trinajstić information content (AvgIpc) is 3.02. The van der Waals surface area contributed by atoms with E-state index >= 15 is 0 Å². The lowest BCUT2D eigenvalue weighted by Crippen LogP contribution is -2.34. The van der Waals surface area contributed by atoms with E-state index in [1.165, 1.54) is 0 Å². The highest BCUT2D eigenvalue weighted by Crippen LogP contribution is 2.48. The number of carbonyl (C=O) groups excluding carboxylic acids is 1. The fraction of sp³-hybridized carbons (Fsp3) is 0.462. The number of ether oxygens (including phenoxy) is 1. The van der Waals surface area contributed by atoms with Crippen LogP contribution in [0.4, 0.5) is 0 Å². The highest BCUT2D eigenvalue weighted by molar-refractivity contribution is 7.90. The van der Waals surface area contributed by atoms with Gasteiger partial charge in [-0.1, -0.05) is 34.6 Å². The Morgan fingerprint density at radius 3 is 2.44 bits per heavy atom. The average molecular weight is 267 g/mol. The monoisotopic (exact) mass is 267 g/mol. The molecule has 18 heavy (non-hydrogen) atoms. The maximum absolute atomic E-state index is 12.3. The van der Waals surface area contributed by atoms with Crippen molar-refractivity contribution in [2.24, 2.45) is 0 Å². The van der Waals surface area contributed by atoms with Gasteiger partial charge in [-0.05, 0) is 26.3 Å². The molecule has 1 fully saturated rings. The van der Waals surface area contributed by atoms with Crippen LogP contribution in [0.3, 0.4) is 0 Å². The molecule has 2 rings (SSSR count). The molecule has 1 aromatic carbocycles. The molecule has 4 nitrogen and oxygen atoms in total. The number of nitrogens with zero attached hydrogens (tertiary/aromatic N) is 1. The van der Waals surface area contributed by atoms with Crippen molar-refractivity contribution in [3.05, 3.63) is 35.9 Å². The van der Waals surface area contributed by atoms with Gasteiger partial charge >= 0.3 is 0 Å². The normalized spacial score (nSPS) is 28.6. The zero-order valence-corrected chi connectivity index (χ0v) is 11.5. The molecule has 1 saturated heterocycles. The Hall–Kier alpha value is -1.04. The Balaban J connectivity index is 2.18. The summed E-state index contributed by atoms with van der Waals surface area (Å²) < 4.78 is 18.7. The fourth-order valence-electron chi connectivity index (χ4n) is 1.86. The minimum absolute atomic E-state index is 0.101. The number of hydrogen-bond donors (Lipinski definition) is 0. The summed E-state index contributed by atoms with van der Waals surface area (Å²) in [5.41, 5.74) is 1.02. The quantitative estimate of drug-likeness (QED) is 0.476. The predicted octanol–water partition coefficient (Wildman–Crippen LogP) is 2.00. The van der Waals surface area contributed by atoms with Crippen molar-refractivity contribution in [3.63, 3.8) is 0 Å². The van der Waals surface area contributed by atoms with Gasteiger partial charge in [0.1, 0.15) is 10.8 Å². The van der Waals surface area contributed by atoms with E-state index in [1.807, 2.05) is 51.1 Å². The Kier molecular flexibility index (Phi) is 3.66. The van der Waals surface area contributed by atoms with Gasteiger partial charge < -0.3 is 9.29 Å². The molecule has 1 heterocycles. The first kappa shape index (κ1) is 13.4. The van der Waals surface area contributed by atoms with Gasteiger partial charge in [0.15, 0.2) is 0 Å². The van der Waals surface area contributed by atoms with Crippen molar-refractivity contribution in [1.82, 2.24) is 4.31 Å². The zero-order valence-electron chi connectivity index (χ0n) is 10.7. The number of benzene rings is 1. The van der Waals surface area contributed by atoms with E-state index in [9.17, 15) is 9.35 Å². The SMILES string of the molecule is CC(C)(C)[S@@+]([O-])N1C(c2ccccc2)[C@@H]1OC=O. The van der Waals surface area contributed by atoms with Crippen LogP contribution in [0.15, 0.2) is 30.3 Å². The molecule has 4 atom stereocenters. The first-order valence-electron chi connectivity index (χ1n) is 5.81. The fourth-order valence-corrected chi connectivity index (χ4v) is 3.22. The molecule has 0 N–H and O–H groups in total. The van der Waals surface area contributed by atoms with Crippen LogP contribution in [0.2, 0.25) is 0 Å². The molecule has 5 heteroatoms. The van der Waals surface area contributed by atoms with Crippen molar-refractivity contribution in [3.8, 4) is 0 Å². The molecule has 0 spiro atoms. The summed E-state index contributed by atoms with van der Waals surface area (Å²) in [5.74, 6) is 0. The van der Waals surface area contributed by atoms with E-state index < -0.39 is 17.6 Å². The molecule has 1 aliphatic heterocycles. The Morgan fingerprint density at radius 2 is 1.94 bits per heavy atom. The van der Waals surface area contributed by atoms with E-state index in [0.29, 0.717) is 6.47 Å². The van der Waals surface area contributed by atoms with Crippen molar-refractivity contribution >= 4 is 17.8 Å². The van der Waals surface area contributed by atoms with Crippen LogP contribution in [0.1, 0.15) is 32.4 Å². The van der Waals surface area contributed by atoms with Crippen LogP contribution in [0.25, 0.3) is 0 Å². The predicted molar refractivity (Wildman–Crippen MR) is 69.9 cm³/mol. The van der Waals surface area contributed by atoms with Gasteiger partial charge in [0.25, 0.3) is 6.47 Å². The minimum Gasteiger partial charge on any atom is -0.597 e. The molecule has 0 bridgehead atoms. The second kappa shape index (κ2) is 4.91. The van der Waals surface area contributed by atoms with Gasteiger partial charge in [-0.15, -0.1) is 0 Å². The molecule has 0 aromatic heterocycles. The van der Waals surface area contributed by atoms with Crippen LogP contribution in [-0.4, -0.2) is 26.3 Å². The maximum Gasteiger partial charge on any atom is 0.294 e. The van der Waals surface area contributed by atoms with E-state index in [4.69, 9.17) is 4.74 Å². The van der Waals surface area contributed by atoms with Gasteiger partial charge in [-0.25, -0.2) is 0 Å². The number of rotatable bonds is 4. The second-order valence-corrected chi connectivity index (χ2v) is 7.34. The van der Waals surface area contributed by atoms with E-state index in [1.54, 1.807) is 4.31 Å². The minimum atomic E-state index is -1.19. The third kappa shape index (κ3) is 2.53. The highest BCUT2D eigenvalue weighted by atomic mass is 32.2. The molecule has 0 aliphatic carbocycles. The standard InChI is InChI=1S/C13H17NO3S/c1-13(2,3)18(16)14-11(12(14)17-9-15)10-7-5-4-6-8-10/h4-9,11-12H,1-3H3/t11?,12-,14?,18+/m0/s1. The van der Waals surface area contributed by atoms with Crippen LogP contribution < -0.4 is 0 Å². The lowest BCUT2D eigenvalue weighted by atomic mass is 10.1.